The molecule has 0 aliphatic rings. The molecule has 0 saturated carbocycles. The van der Waals surface area contributed by atoms with E-state index in [0.717, 1.165) is 38.4 Å². The highest BCUT2D eigenvalue weighted by Crippen LogP contribution is 2.39. The van der Waals surface area contributed by atoms with E-state index in [9.17, 15) is 4.79 Å². The first-order valence-corrected chi connectivity index (χ1v) is 11.2. The van der Waals surface area contributed by atoms with E-state index in [2.05, 4.69) is 28.3 Å². The number of aromatic nitrogens is 3. The van der Waals surface area contributed by atoms with Gasteiger partial charge in [-0.15, -0.1) is 0 Å². The highest BCUT2D eigenvalue weighted by molar-refractivity contribution is 8.00. The number of benzene rings is 2. The van der Waals surface area contributed by atoms with Crippen LogP contribution in [0, 0.1) is 6.92 Å². The molecule has 4 rings (SSSR count). The molecule has 2 heterocycles. The molecule has 0 radical (unpaired) electrons. The van der Waals surface area contributed by atoms with Crippen LogP contribution < -0.4 is 0 Å². The minimum atomic E-state index is -0.344. The van der Waals surface area contributed by atoms with Crippen LogP contribution in [0.15, 0.2) is 66.1 Å². The number of halogens is 1. The molecule has 1 unspecified atom stereocenters. The van der Waals surface area contributed by atoms with Crippen molar-refractivity contribution in [2.24, 2.45) is 0 Å². The zero-order valence-electron chi connectivity index (χ0n) is 17.5. The average molecular weight is 452 g/mol. The number of aryl methyl sites for hydroxylation is 1. The van der Waals surface area contributed by atoms with Crippen LogP contribution in [-0.4, -0.2) is 32.9 Å². The van der Waals surface area contributed by atoms with Gasteiger partial charge in [0.05, 0.1) is 12.5 Å². The van der Waals surface area contributed by atoms with E-state index < -0.39 is 0 Å². The fourth-order valence-electron chi connectivity index (χ4n) is 3.45. The maximum Gasteiger partial charge on any atom is 0.319 e. The predicted molar refractivity (Wildman–Crippen MR) is 126 cm³/mol. The minimum Gasteiger partial charge on any atom is -0.468 e. The smallest absolute Gasteiger partial charge is 0.319 e. The Kier molecular flexibility index (Phi) is 6.30. The molecule has 4 aromatic rings. The van der Waals surface area contributed by atoms with Gasteiger partial charge in [-0.1, -0.05) is 66.7 Å². The summed E-state index contributed by atoms with van der Waals surface area (Å²) in [6, 6.07) is 16.0. The zero-order valence-corrected chi connectivity index (χ0v) is 19.1. The number of thioether (sulfide) groups is 1. The van der Waals surface area contributed by atoms with Crippen molar-refractivity contribution in [3.63, 3.8) is 0 Å². The molecular weight excluding hydrogens is 430 g/mol. The molecule has 0 aliphatic heterocycles. The number of nitrogens with zero attached hydrogens (tertiary/aromatic N) is 3. The number of carbonyl (C=O) groups is 1. The molecule has 0 spiro atoms. The zero-order chi connectivity index (χ0) is 22.0. The minimum absolute atomic E-state index is 0.259. The fourth-order valence-corrected chi connectivity index (χ4v) is 4.68. The number of fused-ring (bicyclic) bond motifs is 1. The lowest BCUT2D eigenvalue weighted by molar-refractivity contribution is -0.140. The van der Waals surface area contributed by atoms with Crippen LogP contribution >= 0.6 is 23.4 Å². The maximum atomic E-state index is 12.2. The summed E-state index contributed by atoms with van der Waals surface area (Å²) in [5.74, 6) is -0.259. The van der Waals surface area contributed by atoms with Gasteiger partial charge in [0.1, 0.15) is 22.3 Å². The van der Waals surface area contributed by atoms with Gasteiger partial charge in [0.2, 0.25) is 0 Å². The first-order valence-electron chi connectivity index (χ1n) is 9.96. The third kappa shape index (κ3) is 4.18. The second-order valence-corrected chi connectivity index (χ2v) is 8.73. The van der Waals surface area contributed by atoms with Crippen molar-refractivity contribution < 1.29 is 9.53 Å². The van der Waals surface area contributed by atoms with Gasteiger partial charge in [-0.25, -0.2) is 9.97 Å². The third-order valence-corrected chi connectivity index (χ3v) is 6.91. The summed E-state index contributed by atoms with van der Waals surface area (Å²) in [4.78, 5) is 21.4. The largest absolute Gasteiger partial charge is 0.468 e. The normalized spacial score (nSPS) is 12.1. The van der Waals surface area contributed by atoms with E-state index in [1.54, 1.807) is 0 Å². The summed E-state index contributed by atoms with van der Waals surface area (Å²) in [5, 5.41) is 2.00. The SMILES string of the molecule is CCC(Sc1ncnc2c1c(-c1ccccc1)cn2-c1ccc(C)c(Cl)c1)C(=O)OC. The maximum absolute atomic E-state index is 12.2. The Morgan fingerprint density at radius 3 is 2.65 bits per heavy atom. The molecule has 31 heavy (non-hydrogen) atoms. The van der Waals surface area contributed by atoms with E-state index in [1.807, 2.05) is 54.8 Å². The van der Waals surface area contributed by atoms with Crippen LogP contribution in [0.1, 0.15) is 18.9 Å². The summed E-state index contributed by atoms with van der Waals surface area (Å²) < 4.78 is 7.00. The van der Waals surface area contributed by atoms with Gasteiger partial charge < -0.3 is 9.30 Å². The number of ether oxygens (including phenoxy) is 1. The number of rotatable bonds is 6. The molecular formula is C24H22ClN3O2S. The Morgan fingerprint density at radius 2 is 1.97 bits per heavy atom. The molecule has 2 aromatic carbocycles. The van der Waals surface area contributed by atoms with Gasteiger partial charge in [0, 0.05) is 22.5 Å². The fraction of sp³-hybridized carbons (Fsp3) is 0.208. The van der Waals surface area contributed by atoms with Gasteiger partial charge in [-0.3, -0.25) is 4.79 Å². The summed E-state index contributed by atoms with van der Waals surface area (Å²) >= 11 is 7.82. The van der Waals surface area contributed by atoms with Crippen molar-refractivity contribution in [1.29, 1.82) is 0 Å². The summed E-state index contributed by atoms with van der Waals surface area (Å²) in [5.41, 5.74) is 4.73. The van der Waals surface area contributed by atoms with E-state index in [-0.39, 0.29) is 11.2 Å². The Bertz CT molecular complexity index is 1240. The van der Waals surface area contributed by atoms with Crippen LogP contribution in [0.4, 0.5) is 0 Å². The first-order chi connectivity index (χ1) is 15.0. The highest BCUT2D eigenvalue weighted by Gasteiger charge is 2.24. The Labute approximate surface area is 190 Å². The van der Waals surface area contributed by atoms with E-state index in [1.165, 1.54) is 25.2 Å². The number of methoxy groups -OCH3 is 1. The lowest BCUT2D eigenvalue weighted by Gasteiger charge is -2.12. The van der Waals surface area contributed by atoms with Crippen LogP contribution in [-0.2, 0) is 9.53 Å². The molecule has 0 amide bonds. The molecule has 0 bridgehead atoms. The molecule has 5 nitrogen and oxygen atoms in total. The lowest BCUT2D eigenvalue weighted by atomic mass is 10.1. The monoisotopic (exact) mass is 451 g/mol. The van der Waals surface area contributed by atoms with Gasteiger partial charge in [0.15, 0.2) is 0 Å². The summed E-state index contributed by atoms with van der Waals surface area (Å²) in [7, 11) is 1.41. The first kappa shape index (κ1) is 21.4. The van der Waals surface area contributed by atoms with Gasteiger partial charge >= 0.3 is 5.97 Å². The third-order valence-electron chi connectivity index (χ3n) is 5.16. The standard InChI is InChI=1S/C24H22ClN3O2S/c1-4-20(24(29)30-3)31-23-21-18(16-8-6-5-7-9-16)13-28(22(21)26-14-27-23)17-11-10-15(2)19(25)12-17/h5-14,20H,4H2,1-3H3. The average Bonchev–Trinajstić information content (AvgIpc) is 3.20. The van der Waals surface area contributed by atoms with E-state index >= 15 is 0 Å². The van der Waals surface area contributed by atoms with Gasteiger partial charge in [-0.2, -0.15) is 0 Å². The molecule has 158 valence electrons. The lowest BCUT2D eigenvalue weighted by Crippen LogP contribution is -2.17. The molecule has 1 atom stereocenters. The summed E-state index contributed by atoms with van der Waals surface area (Å²) in [6.45, 7) is 3.94. The van der Waals surface area contributed by atoms with Crippen molar-refractivity contribution in [2.45, 2.75) is 30.5 Å². The Morgan fingerprint density at radius 1 is 1.19 bits per heavy atom. The van der Waals surface area contributed by atoms with Crippen LogP contribution in [0.2, 0.25) is 5.02 Å². The van der Waals surface area contributed by atoms with Crippen LogP contribution in [0.3, 0.4) is 0 Å². The van der Waals surface area contributed by atoms with E-state index in [0.29, 0.717) is 11.4 Å². The van der Waals surface area contributed by atoms with Crippen LogP contribution in [0.5, 0.6) is 0 Å². The number of esters is 1. The Hall–Kier alpha value is -2.83. The second kappa shape index (κ2) is 9.12. The van der Waals surface area contributed by atoms with Crippen molar-refractivity contribution in [1.82, 2.24) is 14.5 Å². The van der Waals surface area contributed by atoms with Crippen molar-refractivity contribution >= 4 is 40.4 Å². The molecule has 0 aliphatic carbocycles. The predicted octanol–water partition coefficient (Wildman–Crippen LogP) is 6.09. The molecule has 7 heteroatoms. The number of hydrogen-bond donors (Lipinski definition) is 0. The molecule has 0 N–H and O–H groups in total. The quantitative estimate of drug-likeness (QED) is 0.201. The summed E-state index contributed by atoms with van der Waals surface area (Å²) in [6.07, 6.45) is 4.23. The number of carbonyl (C=O) groups excluding carboxylic acids is 1. The second-order valence-electron chi connectivity index (χ2n) is 7.13. The van der Waals surface area contributed by atoms with Gasteiger partial charge in [-0.05, 0) is 36.6 Å². The van der Waals surface area contributed by atoms with Crippen molar-refractivity contribution in [3.05, 3.63) is 71.6 Å². The number of hydrogen-bond acceptors (Lipinski definition) is 5. The van der Waals surface area contributed by atoms with Crippen molar-refractivity contribution in [3.8, 4) is 16.8 Å². The molecule has 0 fully saturated rings. The molecule has 0 saturated heterocycles. The van der Waals surface area contributed by atoms with Crippen LogP contribution in [0.25, 0.3) is 27.8 Å². The topological polar surface area (TPSA) is 57.0 Å². The Balaban J connectivity index is 1.95. The van der Waals surface area contributed by atoms with Crippen molar-refractivity contribution in [2.75, 3.05) is 7.11 Å². The van der Waals surface area contributed by atoms with E-state index in [4.69, 9.17) is 16.3 Å². The highest BCUT2D eigenvalue weighted by atomic mass is 35.5. The molecule has 2 aromatic heterocycles. The van der Waals surface area contributed by atoms with Gasteiger partial charge in [0.25, 0.3) is 0 Å².